The van der Waals surface area contributed by atoms with E-state index in [9.17, 15) is 4.39 Å². The molecule has 2 unspecified atom stereocenters. The van der Waals surface area contributed by atoms with Crippen molar-refractivity contribution in [2.75, 3.05) is 7.11 Å². The quantitative estimate of drug-likeness (QED) is 0.702. The number of rotatable bonds is 3. The molecule has 0 saturated heterocycles. The van der Waals surface area contributed by atoms with Gasteiger partial charge in [-0.25, -0.2) is 4.39 Å². The van der Waals surface area contributed by atoms with E-state index in [0.717, 1.165) is 0 Å². The molecule has 0 amide bonds. The first-order chi connectivity index (χ1) is 6.57. The van der Waals surface area contributed by atoms with Crippen LogP contribution in [0.4, 0.5) is 4.39 Å². The largest absolute Gasteiger partial charge is 0.496 e. The van der Waals surface area contributed by atoms with E-state index in [2.05, 4.69) is 0 Å². The molecule has 0 heterocycles. The van der Waals surface area contributed by atoms with Gasteiger partial charge in [0.1, 0.15) is 11.6 Å². The SMILES string of the molecule is COc1cccc(F)c1C(C)C(C)Cl. The molecular weight excluding hydrogens is 203 g/mol. The molecule has 1 aromatic carbocycles. The van der Waals surface area contributed by atoms with E-state index in [-0.39, 0.29) is 17.1 Å². The molecular formula is C11H14ClFO. The lowest BCUT2D eigenvalue weighted by Gasteiger charge is -2.18. The number of ether oxygens (including phenoxy) is 1. The van der Waals surface area contributed by atoms with Crippen molar-refractivity contribution in [1.29, 1.82) is 0 Å². The van der Waals surface area contributed by atoms with Crippen LogP contribution in [-0.2, 0) is 0 Å². The Morgan fingerprint density at radius 2 is 2.00 bits per heavy atom. The van der Waals surface area contributed by atoms with Gasteiger partial charge in [0.25, 0.3) is 0 Å². The van der Waals surface area contributed by atoms with Crippen LogP contribution in [0.2, 0.25) is 0 Å². The number of hydrogen-bond donors (Lipinski definition) is 0. The zero-order chi connectivity index (χ0) is 10.7. The Hall–Kier alpha value is -0.760. The second kappa shape index (κ2) is 4.65. The van der Waals surface area contributed by atoms with Gasteiger partial charge in [0.2, 0.25) is 0 Å². The minimum absolute atomic E-state index is 0.0622. The molecule has 0 aliphatic carbocycles. The number of alkyl halides is 1. The van der Waals surface area contributed by atoms with E-state index in [1.807, 2.05) is 13.8 Å². The first-order valence-electron chi connectivity index (χ1n) is 4.54. The molecule has 0 bridgehead atoms. The smallest absolute Gasteiger partial charge is 0.130 e. The van der Waals surface area contributed by atoms with E-state index in [4.69, 9.17) is 16.3 Å². The standard InChI is InChI=1S/C11H14ClFO/c1-7(8(2)12)11-9(13)5-4-6-10(11)14-3/h4-8H,1-3H3. The van der Waals surface area contributed by atoms with Crippen molar-refractivity contribution in [3.8, 4) is 5.75 Å². The summed E-state index contributed by atoms with van der Waals surface area (Å²) in [4.78, 5) is 0. The van der Waals surface area contributed by atoms with E-state index >= 15 is 0 Å². The van der Waals surface area contributed by atoms with Crippen LogP contribution < -0.4 is 4.74 Å². The minimum Gasteiger partial charge on any atom is -0.496 e. The molecule has 0 spiro atoms. The minimum atomic E-state index is -0.260. The van der Waals surface area contributed by atoms with Gasteiger partial charge in [-0.3, -0.25) is 0 Å². The van der Waals surface area contributed by atoms with Crippen LogP contribution in [0.5, 0.6) is 5.75 Å². The van der Waals surface area contributed by atoms with Crippen LogP contribution >= 0.6 is 11.6 Å². The van der Waals surface area contributed by atoms with Crippen molar-refractivity contribution in [2.45, 2.75) is 25.1 Å². The zero-order valence-corrected chi connectivity index (χ0v) is 9.31. The lowest BCUT2D eigenvalue weighted by Crippen LogP contribution is -2.09. The molecule has 1 aromatic rings. The van der Waals surface area contributed by atoms with Crippen LogP contribution in [0.3, 0.4) is 0 Å². The summed E-state index contributed by atoms with van der Waals surface area (Å²) in [7, 11) is 1.53. The molecule has 1 nitrogen and oxygen atoms in total. The molecule has 78 valence electrons. The average Bonchev–Trinajstić information content (AvgIpc) is 2.16. The monoisotopic (exact) mass is 216 g/mol. The third-order valence-corrected chi connectivity index (χ3v) is 2.76. The molecule has 14 heavy (non-hydrogen) atoms. The van der Waals surface area contributed by atoms with E-state index in [1.54, 1.807) is 12.1 Å². The van der Waals surface area contributed by atoms with Crippen molar-refractivity contribution in [1.82, 2.24) is 0 Å². The van der Waals surface area contributed by atoms with Crippen molar-refractivity contribution in [3.63, 3.8) is 0 Å². The first-order valence-corrected chi connectivity index (χ1v) is 4.98. The number of halogens is 2. The van der Waals surface area contributed by atoms with Crippen LogP contribution in [-0.4, -0.2) is 12.5 Å². The fourth-order valence-corrected chi connectivity index (χ4v) is 1.49. The third-order valence-electron chi connectivity index (χ3n) is 2.38. The highest BCUT2D eigenvalue weighted by atomic mass is 35.5. The van der Waals surface area contributed by atoms with Crippen LogP contribution in [0.1, 0.15) is 25.3 Å². The van der Waals surface area contributed by atoms with Gasteiger partial charge in [0, 0.05) is 16.9 Å². The predicted molar refractivity (Wildman–Crippen MR) is 56.7 cm³/mol. The Morgan fingerprint density at radius 1 is 1.36 bits per heavy atom. The number of benzene rings is 1. The second-order valence-corrected chi connectivity index (χ2v) is 4.01. The van der Waals surface area contributed by atoms with Gasteiger partial charge in [-0.05, 0) is 19.1 Å². The summed E-state index contributed by atoms with van der Waals surface area (Å²) in [6.07, 6.45) is 0. The summed E-state index contributed by atoms with van der Waals surface area (Å²) in [5, 5.41) is -0.124. The number of methoxy groups -OCH3 is 1. The normalized spacial score (nSPS) is 14.9. The summed E-state index contributed by atoms with van der Waals surface area (Å²) in [6, 6.07) is 4.80. The fraction of sp³-hybridized carbons (Fsp3) is 0.455. The molecule has 0 aliphatic rings. The molecule has 0 aliphatic heterocycles. The van der Waals surface area contributed by atoms with E-state index < -0.39 is 0 Å². The zero-order valence-electron chi connectivity index (χ0n) is 8.55. The van der Waals surface area contributed by atoms with Crippen molar-refractivity contribution < 1.29 is 9.13 Å². The predicted octanol–water partition coefficient (Wildman–Crippen LogP) is 3.57. The van der Waals surface area contributed by atoms with Gasteiger partial charge in [-0.2, -0.15) is 0 Å². The molecule has 3 heteroatoms. The highest BCUT2D eigenvalue weighted by Crippen LogP contribution is 2.32. The topological polar surface area (TPSA) is 9.23 Å². The molecule has 0 radical (unpaired) electrons. The van der Waals surface area contributed by atoms with Crippen LogP contribution in [0.15, 0.2) is 18.2 Å². The maximum atomic E-state index is 13.5. The lowest BCUT2D eigenvalue weighted by atomic mass is 9.97. The maximum Gasteiger partial charge on any atom is 0.130 e. The summed E-state index contributed by atoms with van der Waals surface area (Å²) in [6.45, 7) is 3.73. The molecule has 0 aromatic heterocycles. The van der Waals surface area contributed by atoms with Gasteiger partial charge in [0.05, 0.1) is 7.11 Å². The fourth-order valence-electron chi connectivity index (χ4n) is 1.37. The molecule has 1 rings (SSSR count). The Kier molecular flexibility index (Phi) is 3.76. The lowest BCUT2D eigenvalue weighted by molar-refractivity contribution is 0.399. The molecule has 0 saturated carbocycles. The van der Waals surface area contributed by atoms with Gasteiger partial charge in [-0.15, -0.1) is 11.6 Å². The van der Waals surface area contributed by atoms with Gasteiger partial charge >= 0.3 is 0 Å². The maximum absolute atomic E-state index is 13.5. The first kappa shape index (κ1) is 11.3. The average molecular weight is 217 g/mol. The van der Waals surface area contributed by atoms with Gasteiger partial charge in [0.15, 0.2) is 0 Å². The summed E-state index contributed by atoms with van der Waals surface area (Å²) >= 11 is 5.94. The Bertz CT molecular complexity index is 312. The van der Waals surface area contributed by atoms with Gasteiger partial charge < -0.3 is 4.74 Å². The Labute approximate surface area is 88.8 Å². The summed E-state index contributed by atoms with van der Waals surface area (Å²) in [5.74, 6) is 0.238. The molecule has 0 fully saturated rings. The highest BCUT2D eigenvalue weighted by molar-refractivity contribution is 6.20. The molecule has 2 atom stereocenters. The third kappa shape index (κ3) is 2.18. The van der Waals surface area contributed by atoms with Crippen LogP contribution in [0, 0.1) is 5.82 Å². The van der Waals surface area contributed by atoms with Gasteiger partial charge in [-0.1, -0.05) is 13.0 Å². The van der Waals surface area contributed by atoms with Crippen molar-refractivity contribution in [3.05, 3.63) is 29.6 Å². The Balaban J connectivity index is 3.16. The second-order valence-electron chi connectivity index (χ2n) is 3.32. The highest BCUT2D eigenvalue weighted by Gasteiger charge is 2.19. The molecule has 0 N–H and O–H groups in total. The number of hydrogen-bond acceptors (Lipinski definition) is 1. The summed E-state index contributed by atoms with van der Waals surface area (Å²) in [5.41, 5.74) is 0.553. The van der Waals surface area contributed by atoms with E-state index in [0.29, 0.717) is 11.3 Å². The van der Waals surface area contributed by atoms with Crippen molar-refractivity contribution >= 4 is 11.6 Å². The van der Waals surface area contributed by atoms with Crippen molar-refractivity contribution in [2.24, 2.45) is 0 Å². The van der Waals surface area contributed by atoms with Crippen LogP contribution in [0.25, 0.3) is 0 Å². The Morgan fingerprint density at radius 3 is 2.50 bits per heavy atom. The van der Waals surface area contributed by atoms with E-state index in [1.165, 1.54) is 13.2 Å². The summed E-state index contributed by atoms with van der Waals surface area (Å²) < 4.78 is 18.6.